The van der Waals surface area contributed by atoms with E-state index in [1.807, 2.05) is 0 Å². The fraction of sp³-hybridized carbons (Fsp3) is 0.333. The van der Waals surface area contributed by atoms with Gasteiger partial charge in [-0.05, 0) is 12.1 Å². The van der Waals surface area contributed by atoms with Gasteiger partial charge in [0.15, 0.2) is 0 Å². The lowest BCUT2D eigenvalue weighted by atomic mass is 9.94. The Hall–Kier alpha value is -1.63. The zero-order valence-electron chi connectivity index (χ0n) is 7.90. The molecule has 0 aliphatic heterocycles. The first-order valence-electron chi connectivity index (χ1n) is 4.20. The topological polar surface area (TPSA) is 70.4 Å². The minimum Gasteiger partial charge on any atom is -0.481 e. The van der Waals surface area contributed by atoms with Crippen LogP contribution in [-0.2, 0) is 10.4 Å². The normalized spacial score (nSPS) is 15.5. The highest BCUT2D eigenvalue weighted by Crippen LogP contribution is 2.40. The number of rotatable bonds is 3. The maximum absolute atomic E-state index is 12.6. The predicted octanol–water partition coefficient (Wildman–Crippen LogP) is 1.31. The molecule has 0 fully saturated rings. The Kier molecular flexibility index (Phi) is 3.18. The number of carboxylic acids is 1. The molecule has 1 heterocycles. The van der Waals surface area contributed by atoms with Gasteiger partial charge in [0.2, 0.25) is 5.60 Å². The molecule has 1 rings (SSSR count). The van der Waals surface area contributed by atoms with Crippen molar-refractivity contribution in [2.24, 2.45) is 0 Å². The average Bonchev–Trinajstić information content (AvgIpc) is 2.16. The van der Waals surface area contributed by atoms with Crippen molar-refractivity contribution in [3.63, 3.8) is 0 Å². The molecule has 0 saturated carbocycles. The number of halogens is 3. The molecule has 88 valence electrons. The molecule has 7 heteroatoms. The largest absolute Gasteiger partial charge is 0.481 e. The second kappa shape index (κ2) is 4.09. The van der Waals surface area contributed by atoms with Crippen molar-refractivity contribution in [2.75, 3.05) is 0 Å². The first-order valence-corrected chi connectivity index (χ1v) is 4.20. The Morgan fingerprint density at radius 2 is 2.00 bits per heavy atom. The Bertz CT molecular complexity index is 379. The summed E-state index contributed by atoms with van der Waals surface area (Å²) in [4.78, 5) is 13.7. The molecule has 0 saturated heterocycles. The molecule has 0 aliphatic rings. The summed E-state index contributed by atoms with van der Waals surface area (Å²) >= 11 is 0. The van der Waals surface area contributed by atoms with Gasteiger partial charge in [0.1, 0.15) is 0 Å². The van der Waals surface area contributed by atoms with E-state index in [-0.39, 0.29) is 0 Å². The summed E-state index contributed by atoms with van der Waals surface area (Å²) in [6.45, 7) is 0. The predicted molar refractivity (Wildman–Crippen MR) is 46.4 cm³/mol. The van der Waals surface area contributed by atoms with Crippen LogP contribution in [0.15, 0.2) is 24.4 Å². The number of hydrogen-bond donors (Lipinski definition) is 2. The van der Waals surface area contributed by atoms with Crippen LogP contribution in [0.1, 0.15) is 12.1 Å². The van der Waals surface area contributed by atoms with Crippen molar-refractivity contribution in [2.45, 2.75) is 18.2 Å². The average molecular weight is 235 g/mol. The lowest BCUT2D eigenvalue weighted by Gasteiger charge is -2.28. The van der Waals surface area contributed by atoms with Crippen LogP contribution in [0.25, 0.3) is 0 Å². The van der Waals surface area contributed by atoms with Gasteiger partial charge in [0.05, 0.1) is 12.1 Å². The molecule has 0 spiro atoms. The van der Waals surface area contributed by atoms with Gasteiger partial charge in [-0.1, -0.05) is 6.07 Å². The molecule has 1 aromatic heterocycles. The molecule has 0 amide bonds. The van der Waals surface area contributed by atoms with E-state index in [1.54, 1.807) is 0 Å². The summed E-state index contributed by atoms with van der Waals surface area (Å²) in [5, 5.41) is 17.8. The lowest BCUT2D eigenvalue weighted by molar-refractivity contribution is -0.270. The van der Waals surface area contributed by atoms with Gasteiger partial charge in [-0.25, -0.2) is 0 Å². The number of alkyl halides is 3. The lowest BCUT2D eigenvalue weighted by Crippen LogP contribution is -2.44. The Morgan fingerprint density at radius 3 is 2.38 bits per heavy atom. The van der Waals surface area contributed by atoms with Crippen LogP contribution >= 0.6 is 0 Å². The second-order valence-corrected chi connectivity index (χ2v) is 3.14. The van der Waals surface area contributed by atoms with E-state index in [9.17, 15) is 23.1 Å². The van der Waals surface area contributed by atoms with Gasteiger partial charge in [-0.15, -0.1) is 0 Å². The summed E-state index contributed by atoms with van der Waals surface area (Å²) in [7, 11) is 0. The monoisotopic (exact) mass is 235 g/mol. The van der Waals surface area contributed by atoms with E-state index < -0.39 is 29.9 Å². The zero-order valence-corrected chi connectivity index (χ0v) is 7.90. The highest BCUT2D eigenvalue weighted by Gasteiger charge is 2.57. The number of carboxylic acid groups (broad SMARTS) is 1. The highest BCUT2D eigenvalue weighted by atomic mass is 19.4. The van der Waals surface area contributed by atoms with Gasteiger partial charge in [0.25, 0.3) is 0 Å². The quantitative estimate of drug-likeness (QED) is 0.828. The molecule has 2 N–H and O–H groups in total. The van der Waals surface area contributed by atoms with Crippen molar-refractivity contribution >= 4 is 5.97 Å². The van der Waals surface area contributed by atoms with Crippen molar-refractivity contribution < 1.29 is 28.2 Å². The van der Waals surface area contributed by atoms with E-state index in [4.69, 9.17) is 5.11 Å². The summed E-state index contributed by atoms with van der Waals surface area (Å²) in [5.41, 5.74) is -4.19. The number of aliphatic carboxylic acids is 1. The molecule has 0 radical (unpaired) electrons. The van der Waals surface area contributed by atoms with Gasteiger partial charge < -0.3 is 10.2 Å². The number of aliphatic hydroxyl groups is 1. The fourth-order valence-electron chi connectivity index (χ4n) is 1.16. The van der Waals surface area contributed by atoms with E-state index >= 15 is 0 Å². The Balaban J connectivity index is 3.21. The Labute approximate surface area is 88.4 Å². The maximum atomic E-state index is 12.6. The molecule has 1 unspecified atom stereocenters. The van der Waals surface area contributed by atoms with Gasteiger partial charge in [-0.2, -0.15) is 13.2 Å². The first-order chi connectivity index (χ1) is 7.27. The van der Waals surface area contributed by atoms with Gasteiger partial charge >= 0.3 is 12.1 Å². The number of nitrogens with zero attached hydrogens (tertiary/aromatic N) is 1. The number of hydrogen-bond acceptors (Lipinski definition) is 3. The SMILES string of the molecule is O=C(O)CC(O)(c1ccccn1)C(F)(F)F. The van der Waals surface area contributed by atoms with Gasteiger partial charge in [-0.3, -0.25) is 9.78 Å². The third-order valence-corrected chi connectivity index (χ3v) is 1.96. The third-order valence-electron chi connectivity index (χ3n) is 1.96. The van der Waals surface area contributed by atoms with Crippen molar-refractivity contribution in [1.82, 2.24) is 4.98 Å². The van der Waals surface area contributed by atoms with E-state index in [1.165, 1.54) is 12.1 Å². The van der Waals surface area contributed by atoms with Crippen molar-refractivity contribution in [3.8, 4) is 0 Å². The van der Waals surface area contributed by atoms with E-state index in [2.05, 4.69) is 4.98 Å². The summed E-state index contributed by atoms with van der Waals surface area (Å²) in [6.07, 6.45) is -5.53. The molecule has 16 heavy (non-hydrogen) atoms. The van der Waals surface area contributed by atoms with Crippen molar-refractivity contribution in [1.29, 1.82) is 0 Å². The Morgan fingerprint density at radius 1 is 1.38 bits per heavy atom. The van der Waals surface area contributed by atoms with Crippen LogP contribution in [0.2, 0.25) is 0 Å². The van der Waals surface area contributed by atoms with E-state index in [0.29, 0.717) is 0 Å². The number of pyridine rings is 1. The highest BCUT2D eigenvalue weighted by molar-refractivity contribution is 5.68. The van der Waals surface area contributed by atoms with Crippen LogP contribution in [0.5, 0.6) is 0 Å². The minimum absolute atomic E-state index is 0.732. The van der Waals surface area contributed by atoms with Crippen LogP contribution in [-0.4, -0.2) is 27.3 Å². The van der Waals surface area contributed by atoms with Crippen LogP contribution in [0.4, 0.5) is 13.2 Å². The van der Waals surface area contributed by atoms with E-state index in [0.717, 1.165) is 12.3 Å². The summed E-state index contributed by atoms with van der Waals surface area (Å²) < 4.78 is 37.8. The van der Waals surface area contributed by atoms with Crippen LogP contribution in [0.3, 0.4) is 0 Å². The smallest absolute Gasteiger partial charge is 0.423 e. The van der Waals surface area contributed by atoms with Gasteiger partial charge in [0, 0.05) is 6.20 Å². The number of carbonyl (C=O) groups is 1. The third kappa shape index (κ3) is 2.30. The molecule has 1 aromatic rings. The van der Waals surface area contributed by atoms with Crippen LogP contribution < -0.4 is 0 Å². The minimum atomic E-state index is -5.10. The maximum Gasteiger partial charge on any atom is 0.423 e. The second-order valence-electron chi connectivity index (χ2n) is 3.14. The molecule has 1 atom stereocenters. The summed E-state index contributed by atoms with van der Waals surface area (Å²) in [6, 6.07) is 3.53. The molecule has 0 bridgehead atoms. The molecule has 4 nitrogen and oxygen atoms in total. The zero-order chi connectivity index (χ0) is 12.4. The van der Waals surface area contributed by atoms with Crippen molar-refractivity contribution in [3.05, 3.63) is 30.1 Å². The number of aromatic nitrogens is 1. The fourth-order valence-corrected chi connectivity index (χ4v) is 1.16. The molecule has 0 aliphatic carbocycles. The first kappa shape index (κ1) is 12.4. The standard InChI is InChI=1S/C9H8F3NO3/c10-9(11,12)8(16,5-7(14)15)6-3-1-2-4-13-6/h1-4,16H,5H2,(H,14,15). The summed E-state index contributed by atoms with van der Waals surface area (Å²) in [5.74, 6) is -1.76. The van der Waals surface area contributed by atoms with Crippen LogP contribution in [0, 0.1) is 0 Å². The molecule has 0 aromatic carbocycles. The molecular weight excluding hydrogens is 227 g/mol. The molecular formula is C9H8F3NO3.